The van der Waals surface area contributed by atoms with Crippen molar-refractivity contribution in [1.29, 1.82) is 0 Å². The summed E-state index contributed by atoms with van der Waals surface area (Å²) in [5.41, 5.74) is 1.22. The van der Waals surface area contributed by atoms with Gasteiger partial charge in [0, 0.05) is 31.3 Å². The first-order valence-electron chi connectivity index (χ1n) is 7.81. The summed E-state index contributed by atoms with van der Waals surface area (Å²) in [7, 11) is 1.58. The summed E-state index contributed by atoms with van der Waals surface area (Å²) in [5.74, 6) is 1.54. The maximum atomic E-state index is 12.3. The van der Waals surface area contributed by atoms with E-state index in [0.717, 1.165) is 18.7 Å². The molecule has 0 spiro atoms. The zero-order chi connectivity index (χ0) is 16.5. The van der Waals surface area contributed by atoms with Crippen LogP contribution in [-0.2, 0) is 0 Å². The number of aromatic nitrogens is 6. The van der Waals surface area contributed by atoms with Gasteiger partial charge in [0.15, 0.2) is 11.5 Å². The van der Waals surface area contributed by atoms with Gasteiger partial charge in [0.05, 0.1) is 7.11 Å². The third-order valence-electron chi connectivity index (χ3n) is 4.35. The predicted molar refractivity (Wildman–Crippen MR) is 83.8 cm³/mol. The monoisotopic (exact) mass is 327 g/mol. The van der Waals surface area contributed by atoms with Crippen LogP contribution in [-0.4, -0.2) is 61.0 Å². The number of fused-ring (bicyclic) bond motifs is 1. The molecule has 9 nitrogen and oxygen atoms in total. The fourth-order valence-electron chi connectivity index (χ4n) is 3.04. The molecule has 24 heavy (non-hydrogen) atoms. The molecular formula is C15H17N7O2. The summed E-state index contributed by atoms with van der Waals surface area (Å²) < 4.78 is 6.91. The number of rotatable bonds is 3. The molecule has 4 rings (SSSR count). The lowest BCUT2D eigenvalue weighted by atomic mass is 9.96. The summed E-state index contributed by atoms with van der Waals surface area (Å²) >= 11 is 0. The predicted octanol–water partition coefficient (Wildman–Crippen LogP) is 0.876. The van der Waals surface area contributed by atoms with E-state index in [1.165, 1.54) is 0 Å². The number of aromatic amines is 1. The van der Waals surface area contributed by atoms with Crippen LogP contribution in [0.5, 0.6) is 5.88 Å². The highest BCUT2D eigenvalue weighted by Gasteiger charge is 2.28. The number of likely N-dealkylation sites (tertiary alicyclic amines) is 1. The number of hydrogen-bond acceptors (Lipinski definition) is 6. The third-order valence-corrected chi connectivity index (χ3v) is 4.35. The summed E-state index contributed by atoms with van der Waals surface area (Å²) in [6.07, 6.45) is 3.22. The van der Waals surface area contributed by atoms with Crippen molar-refractivity contribution in [2.75, 3.05) is 20.2 Å². The van der Waals surface area contributed by atoms with E-state index in [9.17, 15) is 4.79 Å². The normalized spacial score (nSPS) is 15.8. The Morgan fingerprint density at radius 2 is 2.08 bits per heavy atom. The quantitative estimate of drug-likeness (QED) is 0.766. The summed E-state index contributed by atoms with van der Waals surface area (Å²) in [6.45, 7) is 1.34. The van der Waals surface area contributed by atoms with Crippen molar-refractivity contribution in [3.63, 3.8) is 0 Å². The molecule has 3 aromatic rings. The fraction of sp³-hybridized carbons (Fsp3) is 0.400. The molecule has 1 aliphatic heterocycles. The maximum absolute atomic E-state index is 12.3. The number of hydrogen-bond donors (Lipinski definition) is 1. The minimum absolute atomic E-state index is 0.0168. The number of methoxy groups -OCH3 is 1. The van der Waals surface area contributed by atoms with Crippen LogP contribution in [0.25, 0.3) is 5.65 Å². The van der Waals surface area contributed by atoms with Gasteiger partial charge in [-0.1, -0.05) is 0 Å². The molecule has 0 saturated carbocycles. The van der Waals surface area contributed by atoms with Crippen molar-refractivity contribution in [3.05, 3.63) is 35.9 Å². The van der Waals surface area contributed by atoms with Gasteiger partial charge in [0.2, 0.25) is 5.88 Å². The van der Waals surface area contributed by atoms with Crippen LogP contribution in [0.15, 0.2) is 24.4 Å². The van der Waals surface area contributed by atoms with Crippen LogP contribution in [0.1, 0.15) is 35.1 Å². The van der Waals surface area contributed by atoms with Crippen molar-refractivity contribution in [2.45, 2.75) is 18.8 Å². The van der Waals surface area contributed by atoms with E-state index in [4.69, 9.17) is 4.74 Å². The molecule has 0 unspecified atom stereocenters. The topological polar surface area (TPSA) is 101 Å². The molecular weight excluding hydrogens is 310 g/mol. The number of H-pyrrole nitrogens is 1. The van der Waals surface area contributed by atoms with Gasteiger partial charge in [-0.25, -0.2) is 0 Å². The van der Waals surface area contributed by atoms with Gasteiger partial charge in [-0.05, 0) is 25.0 Å². The average Bonchev–Trinajstić information content (AvgIpc) is 3.30. The SMILES string of the molecule is COc1ccc2nnc(C3CCN(C(=O)c4ccn[nH]4)CC3)n2n1. The Bertz CT molecular complexity index is 850. The highest BCUT2D eigenvalue weighted by molar-refractivity contribution is 5.92. The Morgan fingerprint density at radius 3 is 2.79 bits per heavy atom. The van der Waals surface area contributed by atoms with Crippen LogP contribution in [0.3, 0.4) is 0 Å². The molecule has 1 fully saturated rings. The van der Waals surface area contributed by atoms with Crippen LogP contribution in [0.2, 0.25) is 0 Å². The van der Waals surface area contributed by atoms with E-state index in [2.05, 4.69) is 25.5 Å². The highest BCUT2D eigenvalue weighted by Crippen LogP contribution is 2.27. The van der Waals surface area contributed by atoms with E-state index in [-0.39, 0.29) is 11.8 Å². The smallest absolute Gasteiger partial charge is 0.271 e. The molecule has 1 amide bonds. The first-order chi connectivity index (χ1) is 11.8. The van der Waals surface area contributed by atoms with Crippen LogP contribution < -0.4 is 4.74 Å². The molecule has 0 aromatic carbocycles. The number of carbonyl (C=O) groups excluding carboxylic acids is 1. The number of nitrogens with zero attached hydrogens (tertiary/aromatic N) is 6. The van der Waals surface area contributed by atoms with Crippen molar-refractivity contribution in [1.82, 2.24) is 34.9 Å². The molecule has 0 radical (unpaired) electrons. The third kappa shape index (κ3) is 2.47. The Hall–Kier alpha value is -2.97. The second kappa shape index (κ2) is 5.91. The van der Waals surface area contributed by atoms with Gasteiger partial charge in [-0.3, -0.25) is 9.89 Å². The van der Waals surface area contributed by atoms with E-state index in [0.29, 0.717) is 30.3 Å². The number of carbonyl (C=O) groups is 1. The number of ether oxygens (including phenoxy) is 1. The zero-order valence-corrected chi connectivity index (χ0v) is 13.2. The maximum Gasteiger partial charge on any atom is 0.271 e. The minimum Gasteiger partial charge on any atom is -0.480 e. The molecule has 124 valence electrons. The summed E-state index contributed by atoms with van der Waals surface area (Å²) in [6, 6.07) is 5.29. The zero-order valence-electron chi connectivity index (χ0n) is 13.2. The van der Waals surface area contributed by atoms with Crippen molar-refractivity contribution in [3.8, 4) is 5.88 Å². The van der Waals surface area contributed by atoms with Crippen molar-refractivity contribution < 1.29 is 9.53 Å². The van der Waals surface area contributed by atoms with Gasteiger partial charge in [-0.15, -0.1) is 15.3 Å². The first kappa shape index (κ1) is 14.6. The molecule has 1 aliphatic rings. The second-order valence-electron chi connectivity index (χ2n) is 5.74. The lowest BCUT2D eigenvalue weighted by Crippen LogP contribution is -2.38. The molecule has 9 heteroatoms. The van der Waals surface area contributed by atoms with Crippen LogP contribution in [0, 0.1) is 0 Å². The molecule has 4 heterocycles. The molecule has 0 atom stereocenters. The minimum atomic E-state index is -0.0168. The summed E-state index contributed by atoms with van der Waals surface area (Å²) in [5, 5.41) is 19.4. The van der Waals surface area contributed by atoms with Crippen LogP contribution in [0.4, 0.5) is 0 Å². The largest absolute Gasteiger partial charge is 0.480 e. The van der Waals surface area contributed by atoms with Gasteiger partial charge in [0.25, 0.3) is 5.91 Å². The molecule has 3 aromatic heterocycles. The van der Waals surface area contributed by atoms with Gasteiger partial charge in [0.1, 0.15) is 5.69 Å². The van der Waals surface area contributed by atoms with Crippen molar-refractivity contribution in [2.24, 2.45) is 0 Å². The number of nitrogens with one attached hydrogen (secondary N) is 1. The van der Waals surface area contributed by atoms with E-state index in [1.807, 2.05) is 11.0 Å². The lowest BCUT2D eigenvalue weighted by Gasteiger charge is -2.30. The Morgan fingerprint density at radius 1 is 1.25 bits per heavy atom. The molecule has 0 aliphatic carbocycles. The van der Waals surface area contributed by atoms with Gasteiger partial charge in [-0.2, -0.15) is 9.61 Å². The fourth-order valence-corrected chi connectivity index (χ4v) is 3.04. The number of piperidine rings is 1. The Balaban J connectivity index is 1.51. The Labute approximate surface area is 137 Å². The van der Waals surface area contributed by atoms with Crippen molar-refractivity contribution >= 4 is 11.6 Å². The molecule has 0 bridgehead atoms. The highest BCUT2D eigenvalue weighted by atomic mass is 16.5. The van der Waals surface area contributed by atoms with E-state index < -0.39 is 0 Å². The van der Waals surface area contributed by atoms with Gasteiger partial charge < -0.3 is 9.64 Å². The summed E-state index contributed by atoms with van der Waals surface area (Å²) in [4.78, 5) is 14.2. The van der Waals surface area contributed by atoms with E-state index in [1.54, 1.807) is 30.0 Å². The molecule has 1 N–H and O–H groups in total. The standard InChI is InChI=1S/C15H17N7O2/c1-24-13-3-2-12-18-19-14(22(12)20-13)10-5-8-21(9-6-10)15(23)11-4-7-16-17-11/h2-4,7,10H,5-6,8-9H2,1H3,(H,16,17). The Kier molecular flexibility index (Phi) is 3.60. The first-order valence-corrected chi connectivity index (χ1v) is 7.81. The molecule has 1 saturated heterocycles. The number of amides is 1. The average molecular weight is 327 g/mol. The second-order valence-corrected chi connectivity index (χ2v) is 5.74. The lowest BCUT2D eigenvalue weighted by molar-refractivity contribution is 0.0704. The van der Waals surface area contributed by atoms with Crippen LogP contribution >= 0.6 is 0 Å². The van der Waals surface area contributed by atoms with E-state index >= 15 is 0 Å². The van der Waals surface area contributed by atoms with Gasteiger partial charge >= 0.3 is 0 Å².